The molecule has 0 spiro atoms. The monoisotopic (exact) mass is 265 g/mol. The predicted octanol–water partition coefficient (Wildman–Crippen LogP) is 2.00. The molecule has 1 aliphatic heterocycles. The van der Waals surface area contributed by atoms with Gasteiger partial charge in [0.1, 0.15) is 5.56 Å². The number of nitrogen functional groups attached to an aromatic ring is 1. The molecule has 5 nitrogen and oxygen atoms in total. The summed E-state index contributed by atoms with van der Waals surface area (Å²) < 4.78 is 15.8. The van der Waals surface area contributed by atoms with Gasteiger partial charge in [0.15, 0.2) is 5.75 Å². The van der Waals surface area contributed by atoms with Crippen LogP contribution in [0.3, 0.4) is 0 Å². The Morgan fingerprint density at radius 3 is 3.05 bits per heavy atom. The minimum absolute atomic E-state index is 0.218. The van der Waals surface area contributed by atoms with E-state index in [4.69, 9.17) is 19.9 Å². The summed E-state index contributed by atoms with van der Waals surface area (Å²) in [7, 11) is 1.48. The number of anilines is 1. The van der Waals surface area contributed by atoms with Crippen LogP contribution in [0.1, 0.15) is 29.6 Å². The Kier molecular flexibility index (Phi) is 4.63. The highest BCUT2D eigenvalue weighted by atomic mass is 16.5. The molecule has 2 rings (SSSR count). The van der Waals surface area contributed by atoms with E-state index in [0.29, 0.717) is 23.6 Å². The first-order valence-electron chi connectivity index (χ1n) is 6.43. The first-order chi connectivity index (χ1) is 9.22. The van der Waals surface area contributed by atoms with Crippen LogP contribution in [-0.4, -0.2) is 32.4 Å². The second kappa shape index (κ2) is 6.43. The van der Waals surface area contributed by atoms with Crippen LogP contribution in [-0.2, 0) is 9.47 Å². The van der Waals surface area contributed by atoms with Crippen molar-refractivity contribution in [3.8, 4) is 5.75 Å². The maximum atomic E-state index is 12.0. The fraction of sp³-hybridized carbons (Fsp3) is 0.500. The van der Waals surface area contributed by atoms with Crippen LogP contribution in [0.25, 0.3) is 0 Å². The van der Waals surface area contributed by atoms with E-state index in [2.05, 4.69) is 0 Å². The average molecular weight is 265 g/mol. The minimum Gasteiger partial charge on any atom is -0.494 e. The molecule has 19 heavy (non-hydrogen) atoms. The van der Waals surface area contributed by atoms with Gasteiger partial charge in [0.2, 0.25) is 0 Å². The van der Waals surface area contributed by atoms with Gasteiger partial charge in [-0.1, -0.05) is 6.07 Å². The Morgan fingerprint density at radius 2 is 2.37 bits per heavy atom. The molecule has 5 heteroatoms. The van der Waals surface area contributed by atoms with Gasteiger partial charge in [-0.2, -0.15) is 0 Å². The maximum Gasteiger partial charge on any atom is 0.342 e. The smallest absolute Gasteiger partial charge is 0.342 e. The standard InChI is InChI=1S/C14H19NO4/c1-17-13-11(5-2-6-12(13)15)14(16)19-9-7-10-4-3-8-18-10/h2,5-6,10H,3-4,7-9,15H2,1H3. The highest BCUT2D eigenvalue weighted by Crippen LogP contribution is 2.26. The van der Waals surface area contributed by atoms with Gasteiger partial charge < -0.3 is 19.9 Å². The third-order valence-corrected chi connectivity index (χ3v) is 3.17. The molecular formula is C14H19NO4. The molecule has 0 bridgehead atoms. The molecule has 1 aromatic rings. The molecular weight excluding hydrogens is 246 g/mol. The summed E-state index contributed by atoms with van der Waals surface area (Å²) in [6.45, 7) is 1.16. The Bertz CT molecular complexity index is 441. The van der Waals surface area contributed by atoms with Crippen molar-refractivity contribution in [2.24, 2.45) is 0 Å². The highest BCUT2D eigenvalue weighted by molar-refractivity contribution is 5.94. The van der Waals surface area contributed by atoms with Gasteiger partial charge in [0.25, 0.3) is 0 Å². The van der Waals surface area contributed by atoms with Crippen LogP contribution < -0.4 is 10.5 Å². The second-order valence-corrected chi connectivity index (χ2v) is 4.49. The van der Waals surface area contributed by atoms with Gasteiger partial charge in [-0.05, 0) is 25.0 Å². The molecule has 1 aromatic carbocycles. The van der Waals surface area contributed by atoms with Crippen LogP contribution in [0.4, 0.5) is 5.69 Å². The van der Waals surface area contributed by atoms with Gasteiger partial charge in [0.05, 0.1) is 25.5 Å². The summed E-state index contributed by atoms with van der Waals surface area (Å²) in [4.78, 5) is 12.0. The van der Waals surface area contributed by atoms with Crippen LogP contribution >= 0.6 is 0 Å². The summed E-state index contributed by atoms with van der Waals surface area (Å²) >= 11 is 0. The fourth-order valence-electron chi connectivity index (χ4n) is 2.18. The Hall–Kier alpha value is -1.75. The van der Waals surface area contributed by atoms with E-state index in [1.165, 1.54) is 7.11 Å². The second-order valence-electron chi connectivity index (χ2n) is 4.49. The number of nitrogens with two attached hydrogens (primary N) is 1. The van der Waals surface area contributed by atoms with Crippen molar-refractivity contribution in [3.05, 3.63) is 23.8 Å². The van der Waals surface area contributed by atoms with E-state index in [0.717, 1.165) is 25.9 Å². The molecule has 0 amide bonds. The number of rotatable bonds is 5. The Morgan fingerprint density at radius 1 is 1.53 bits per heavy atom. The number of hydrogen-bond acceptors (Lipinski definition) is 5. The number of esters is 1. The van der Waals surface area contributed by atoms with E-state index in [1.54, 1.807) is 18.2 Å². The van der Waals surface area contributed by atoms with Gasteiger partial charge in [0, 0.05) is 13.0 Å². The minimum atomic E-state index is -0.415. The molecule has 0 aliphatic carbocycles. The lowest BCUT2D eigenvalue weighted by Crippen LogP contribution is -2.14. The molecule has 1 atom stereocenters. The van der Waals surface area contributed by atoms with Gasteiger partial charge in [-0.3, -0.25) is 0 Å². The van der Waals surface area contributed by atoms with Gasteiger partial charge in [-0.25, -0.2) is 4.79 Å². The molecule has 1 heterocycles. The fourth-order valence-corrected chi connectivity index (χ4v) is 2.18. The molecule has 0 saturated carbocycles. The zero-order valence-electron chi connectivity index (χ0n) is 11.1. The topological polar surface area (TPSA) is 70.8 Å². The summed E-state index contributed by atoms with van der Waals surface area (Å²) in [6.07, 6.45) is 3.08. The third-order valence-electron chi connectivity index (χ3n) is 3.17. The molecule has 1 aliphatic rings. The quantitative estimate of drug-likeness (QED) is 0.651. The average Bonchev–Trinajstić information content (AvgIpc) is 2.91. The van der Waals surface area contributed by atoms with Crippen molar-refractivity contribution in [2.75, 3.05) is 26.1 Å². The van der Waals surface area contributed by atoms with Crippen LogP contribution in [0, 0.1) is 0 Å². The van der Waals surface area contributed by atoms with Crippen LogP contribution in [0.5, 0.6) is 5.75 Å². The van der Waals surface area contributed by atoms with E-state index in [9.17, 15) is 4.79 Å². The van der Waals surface area contributed by atoms with Crippen LogP contribution in [0.2, 0.25) is 0 Å². The third kappa shape index (κ3) is 3.38. The van der Waals surface area contributed by atoms with E-state index < -0.39 is 5.97 Å². The van der Waals surface area contributed by atoms with E-state index >= 15 is 0 Å². The summed E-state index contributed by atoms with van der Waals surface area (Å²) in [5, 5.41) is 0. The maximum absolute atomic E-state index is 12.0. The van der Waals surface area contributed by atoms with Crippen molar-refractivity contribution < 1.29 is 19.0 Å². The number of carbonyl (C=O) groups is 1. The first-order valence-corrected chi connectivity index (χ1v) is 6.43. The number of hydrogen-bond donors (Lipinski definition) is 1. The van der Waals surface area contributed by atoms with Gasteiger partial charge in [-0.15, -0.1) is 0 Å². The SMILES string of the molecule is COc1c(N)cccc1C(=O)OCCC1CCCO1. The number of methoxy groups -OCH3 is 1. The van der Waals surface area contributed by atoms with Crippen molar-refractivity contribution in [3.63, 3.8) is 0 Å². The van der Waals surface area contributed by atoms with Crippen molar-refractivity contribution in [1.29, 1.82) is 0 Å². The summed E-state index contributed by atoms with van der Waals surface area (Å²) in [5.74, 6) is -0.0493. The largest absolute Gasteiger partial charge is 0.494 e. The lowest BCUT2D eigenvalue weighted by Gasteiger charge is -2.12. The summed E-state index contributed by atoms with van der Waals surface area (Å²) in [6, 6.07) is 5.03. The molecule has 2 N–H and O–H groups in total. The first kappa shape index (κ1) is 13.7. The lowest BCUT2D eigenvalue weighted by molar-refractivity contribution is 0.0383. The number of ether oxygens (including phenoxy) is 3. The van der Waals surface area contributed by atoms with Crippen molar-refractivity contribution in [2.45, 2.75) is 25.4 Å². The number of benzene rings is 1. The zero-order chi connectivity index (χ0) is 13.7. The van der Waals surface area contributed by atoms with E-state index in [1.807, 2.05) is 0 Å². The van der Waals surface area contributed by atoms with Crippen molar-refractivity contribution in [1.82, 2.24) is 0 Å². The van der Waals surface area contributed by atoms with Crippen LogP contribution in [0.15, 0.2) is 18.2 Å². The van der Waals surface area contributed by atoms with Crippen molar-refractivity contribution >= 4 is 11.7 Å². The lowest BCUT2D eigenvalue weighted by atomic mass is 10.1. The normalized spacial score (nSPS) is 18.3. The molecule has 104 valence electrons. The highest BCUT2D eigenvalue weighted by Gasteiger charge is 2.18. The zero-order valence-corrected chi connectivity index (χ0v) is 11.1. The molecule has 1 fully saturated rings. The number of para-hydroxylation sites is 1. The number of carbonyl (C=O) groups excluding carboxylic acids is 1. The van der Waals surface area contributed by atoms with E-state index in [-0.39, 0.29) is 6.10 Å². The molecule has 0 radical (unpaired) electrons. The molecule has 1 saturated heterocycles. The molecule has 0 aromatic heterocycles. The Balaban J connectivity index is 1.90. The Labute approximate surface area is 112 Å². The predicted molar refractivity (Wildman–Crippen MR) is 71.3 cm³/mol. The molecule has 1 unspecified atom stereocenters. The van der Waals surface area contributed by atoms with Gasteiger partial charge >= 0.3 is 5.97 Å². The summed E-state index contributed by atoms with van der Waals surface area (Å²) in [5.41, 5.74) is 6.53.